The molecule has 0 saturated heterocycles. The van der Waals surface area contributed by atoms with Gasteiger partial charge in [0.1, 0.15) is 4.90 Å². The number of benzene rings is 1. The number of carbonyl (C=O) groups is 1. The van der Waals surface area contributed by atoms with E-state index >= 15 is 0 Å². The predicted octanol–water partition coefficient (Wildman–Crippen LogP) is 2.13. The molecule has 1 aromatic carbocycles. The molecule has 134 valence electrons. The zero-order valence-corrected chi connectivity index (χ0v) is 16.0. The van der Waals surface area contributed by atoms with Crippen molar-refractivity contribution in [1.29, 1.82) is 0 Å². The van der Waals surface area contributed by atoms with E-state index in [0.717, 1.165) is 9.87 Å². The SMILES string of the molecule is C[C@@H](Sc1ccc(S(=O)(=O)N(C)C)cn1)C(=O)NCc1ccccc1. The zero-order valence-electron chi connectivity index (χ0n) is 14.3. The summed E-state index contributed by atoms with van der Waals surface area (Å²) in [5.41, 5.74) is 1.03. The maximum atomic E-state index is 12.2. The van der Waals surface area contributed by atoms with Crippen molar-refractivity contribution in [2.24, 2.45) is 0 Å². The minimum absolute atomic E-state index is 0.0966. The smallest absolute Gasteiger partial charge is 0.244 e. The molecule has 1 heterocycles. The van der Waals surface area contributed by atoms with Gasteiger partial charge in [-0.15, -0.1) is 0 Å². The number of thioether (sulfide) groups is 1. The van der Waals surface area contributed by atoms with Gasteiger partial charge in [-0.05, 0) is 24.6 Å². The van der Waals surface area contributed by atoms with Gasteiger partial charge in [-0.25, -0.2) is 17.7 Å². The van der Waals surface area contributed by atoms with Gasteiger partial charge in [0.05, 0.1) is 10.3 Å². The lowest BCUT2D eigenvalue weighted by atomic mass is 10.2. The number of amides is 1. The van der Waals surface area contributed by atoms with Gasteiger partial charge in [-0.1, -0.05) is 42.1 Å². The lowest BCUT2D eigenvalue weighted by Crippen LogP contribution is -2.30. The molecule has 0 aliphatic carbocycles. The largest absolute Gasteiger partial charge is 0.351 e. The van der Waals surface area contributed by atoms with Crippen LogP contribution in [0.5, 0.6) is 0 Å². The summed E-state index contributed by atoms with van der Waals surface area (Å²) in [6.45, 7) is 2.26. The van der Waals surface area contributed by atoms with Crippen LogP contribution in [-0.4, -0.2) is 43.0 Å². The van der Waals surface area contributed by atoms with Gasteiger partial charge >= 0.3 is 0 Å². The highest BCUT2D eigenvalue weighted by molar-refractivity contribution is 8.00. The highest BCUT2D eigenvalue weighted by Gasteiger charge is 2.19. The van der Waals surface area contributed by atoms with Crippen molar-refractivity contribution in [1.82, 2.24) is 14.6 Å². The van der Waals surface area contributed by atoms with Crippen LogP contribution in [0.4, 0.5) is 0 Å². The second kappa shape index (κ2) is 8.46. The van der Waals surface area contributed by atoms with Crippen LogP contribution in [0.15, 0.2) is 58.6 Å². The molecule has 0 aliphatic heterocycles. The molecule has 0 unspecified atom stereocenters. The Hall–Kier alpha value is -1.90. The maximum absolute atomic E-state index is 12.2. The second-order valence-corrected chi connectivity index (χ2v) is 9.10. The predicted molar refractivity (Wildman–Crippen MR) is 98.7 cm³/mol. The zero-order chi connectivity index (χ0) is 18.4. The summed E-state index contributed by atoms with van der Waals surface area (Å²) < 4.78 is 25.2. The van der Waals surface area contributed by atoms with E-state index < -0.39 is 10.0 Å². The van der Waals surface area contributed by atoms with Crippen LogP contribution in [0.3, 0.4) is 0 Å². The van der Waals surface area contributed by atoms with Crippen LogP contribution < -0.4 is 5.32 Å². The molecule has 1 atom stereocenters. The average molecular weight is 380 g/mol. The van der Waals surface area contributed by atoms with E-state index in [2.05, 4.69) is 10.3 Å². The number of aromatic nitrogens is 1. The van der Waals surface area contributed by atoms with Crippen LogP contribution in [0.1, 0.15) is 12.5 Å². The summed E-state index contributed by atoms with van der Waals surface area (Å²) in [5, 5.41) is 3.14. The van der Waals surface area contributed by atoms with Crippen molar-refractivity contribution in [3.05, 3.63) is 54.2 Å². The molecule has 0 spiro atoms. The molecule has 0 radical (unpaired) electrons. The number of hydrogen-bond acceptors (Lipinski definition) is 5. The minimum Gasteiger partial charge on any atom is -0.351 e. The maximum Gasteiger partial charge on any atom is 0.244 e. The molecule has 6 nitrogen and oxygen atoms in total. The Labute approximate surface area is 152 Å². The van der Waals surface area contributed by atoms with Crippen molar-refractivity contribution in [2.45, 2.75) is 28.6 Å². The lowest BCUT2D eigenvalue weighted by Gasteiger charge is -2.13. The van der Waals surface area contributed by atoms with Crippen LogP contribution in [0.25, 0.3) is 0 Å². The number of hydrogen-bond donors (Lipinski definition) is 1. The number of rotatable bonds is 7. The van der Waals surface area contributed by atoms with Crippen molar-refractivity contribution in [2.75, 3.05) is 14.1 Å². The average Bonchev–Trinajstić information content (AvgIpc) is 2.60. The van der Waals surface area contributed by atoms with E-state index in [1.807, 2.05) is 30.3 Å². The number of pyridine rings is 1. The first-order valence-corrected chi connectivity index (χ1v) is 9.99. The van der Waals surface area contributed by atoms with Crippen LogP contribution >= 0.6 is 11.8 Å². The molecule has 1 amide bonds. The van der Waals surface area contributed by atoms with Gasteiger partial charge in [0, 0.05) is 26.8 Å². The summed E-state index contributed by atoms with van der Waals surface area (Å²) in [7, 11) is -0.557. The summed E-state index contributed by atoms with van der Waals surface area (Å²) in [6, 6.07) is 12.8. The monoisotopic (exact) mass is 379 g/mol. The fraction of sp³-hybridized carbons (Fsp3) is 0.294. The Morgan fingerprint density at radius 2 is 1.88 bits per heavy atom. The van der Waals surface area contributed by atoms with E-state index in [0.29, 0.717) is 11.6 Å². The first-order valence-electron chi connectivity index (χ1n) is 7.67. The molecule has 0 saturated carbocycles. The summed E-state index contributed by atoms with van der Waals surface area (Å²) in [5.74, 6) is -0.0966. The first kappa shape index (κ1) is 19.4. The molecule has 0 bridgehead atoms. The molecule has 1 aromatic heterocycles. The Bertz CT molecular complexity index is 807. The Balaban J connectivity index is 1.93. The molecule has 0 fully saturated rings. The third kappa shape index (κ3) is 5.29. The van der Waals surface area contributed by atoms with Crippen molar-refractivity contribution in [3.63, 3.8) is 0 Å². The topological polar surface area (TPSA) is 79.4 Å². The standard InChI is InChI=1S/C17H21N3O3S2/c1-13(17(21)19-11-14-7-5-4-6-8-14)24-16-10-9-15(12-18-16)25(22,23)20(2)3/h4-10,12-13H,11H2,1-3H3,(H,19,21)/t13-/m1/s1. The molecule has 2 rings (SSSR count). The van der Waals surface area contributed by atoms with Gasteiger partial charge in [-0.2, -0.15) is 0 Å². The second-order valence-electron chi connectivity index (χ2n) is 5.58. The third-order valence-corrected chi connectivity index (χ3v) is 6.31. The molecule has 1 N–H and O–H groups in total. The van der Waals surface area contributed by atoms with Crippen LogP contribution in [0, 0.1) is 0 Å². The lowest BCUT2D eigenvalue weighted by molar-refractivity contribution is -0.120. The van der Waals surface area contributed by atoms with Crippen molar-refractivity contribution in [3.8, 4) is 0 Å². The van der Waals surface area contributed by atoms with Gasteiger partial charge in [-0.3, -0.25) is 4.79 Å². The number of nitrogens with one attached hydrogen (secondary N) is 1. The van der Waals surface area contributed by atoms with E-state index in [1.54, 1.807) is 13.0 Å². The van der Waals surface area contributed by atoms with E-state index in [-0.39, 0.29) is 16.1 Å². The molecular formula is C17H21N3O3S2. The van der Waals surface area contributed by atoms with E-state index in [4.69, 9.17) is 0 Å². The van der Waals surface area contributed by atoms with Gasteiger partial charge in [0.2, 0.25) is 15.9 Å². The summed E-state index contributed by atoms with van der Waals surface area (Å²) in [6.07, 6.45) is 1.31. The minimum atomic E-state index is -3.50. The molecule has 25 heavy (non-hydrogen) atoms. The number of sulfonamides is 1. The normalized spacial score (nSPS) is 12.8. The Morgan fingerprint density at radius 3 is 2.44 bits per heavy atom. The summed E-state index contributed by atoms with van der Waals surface area (Å²) >= 11 is 1.28. The van der Waals surface area contributed by atoms with Gasteiger partial charge < -0.3 is 5.32 Å². The first-order chi connectivity index (χ1) is 11.8. The van der Waals surface area contributed by atoms with Crippen molar-refractivity contribution < 1.29 is 13.2 Å². The van der Waals surface area contributed by atoms with Crippen LogP contribution in [-0.2, 0) is 21.4 Å². The summed E-state index contributed by atoms with van der Waals surface area (Å²) in [4.78, 5) is 16.4. The molecule has 2 aromatic rings. The highest BCUT2D eigenvalue weighted by atomic mass is 32.2. The van der Waals surface area contributed by atoms with Crippen molar-refractivity contribution >= 4 is 27.7 Å². The molecule has 8 heteroatoms. The highest BCUT2D eigenvalue weighted by Crippen LogP contribution is 2.23. The third-order valence-electron chi connectivity index (χ3n) is 3.46. The van der Waals surface area contributed by atoms with Gasteiger partial charge in [0.25, 0.3) is 0 Å². The van der Waals surface area contributed by atoms with Crippen LogP contribution in [0.2, 0.25) is 0 Å². The fourth-order valence-electron chi connectivity index (χ4n) is 1.96. The van der Waals surface area contributed by atoms with E-state index in [1.165, 1.54) is 38.1 Å². The number of nitrogens with zero attached hydrogens (tertiary/aromatic N) is 2. The Kier molecular flexibility index (Phi) is 6.57. The Morgan fingerprint density at radius 1 is 1.20 bits per heavy atom. The molecular weight excluding hydrogens is 358 g/mol. The fourth-order valence-corrected chi connectivity index (χ4v) is 3.62. The number of carbonyl (C=O) groups excluding carboxylic acids is 1. The molecule has 0 aliphatic rings. The van der Waals surface area contributed by atoms with E-state index in [9.17, 15) is 13.2 Å². The quantitative estimate of drug-likeness (QED) is 0.746. The van der Waals surface area contributed by atoms with Gasteiger partial charge in [0.15, 0.2) is 0 Å².